The van der Waals surface area contributed by atoms with E-state index in [0.717, 1.165) is 0 Å². The first kappa shape index (κ1) is 21.4. The largest absolute Gasteiger partial charge is 0.504 e. The Kier molecular flexibility index (Phi) is 5.16. The summed E-state index contributed by atoms with van der Waals surface area (Å²) in [6.07, 6.45) is -0.232. The summed E-state index contributed by atoms with van der Waals surface area (Å²) in [5, 5.41) is 20.8. The van der Waals surface area contributed by atoms with Crippen molar-refractivity contribution in [3.05, 3.63) is 82.0 Å². The molecule has 1 aliphatic heterocycles. The Labute approximate surface area is 190 Å². The maximum absolute atomic E-state index is 13.0. The van der Waals surface area contributed by atoms with Crippen molar-refractivity contribution >= 4 is 16.9 Å². The fourth-order valence-electron chi connectivity index (χ4n) is 4.14. The minimum atomic E-state index is -3.05. The molecule has 9 heteroatoms. The van der Waals surface area contributed by atoms with Crippen LogP contribution < -0.4 is 14.9 Å². The summed E-state index contributed by atoms with van der Waals surface area (Å²) in [5.74, 6) is -3.46. The lowest BCUT2D eigenvalue weighted by Gasteiger charge is -2.27. The van der Waals surface area contributed by atoms with Crippen molar-refractivity contribution in [3.63, 3.8) is 0 Å². The first-order valence-corrected chi connectivity index (χ1v) is 10.2. The number of phenols is 2. The average Bonchev–Trinajstić information content (AvgIpc) is 2.82. The molecule has 0 aliphatic carbocycles. The van der Waals surface area contributed by atoms with Crippen LogP contribution in [0.5, 0.6) is 23.0 Å². The number of phenolic OH excluding ortho intramolecular Hbond substituents is 2. The number of hydrogen-bond acceptors (Lipinski definition) is 7. The summed E-state index contributed by atoms with van der Waals surface area (Å²) in [6, 6.07) is 15.6. The molecule has 34 heavy (non-hydrogen) atoms. The number of carbonyl (C=O) groups excluding carboxylic acids is 1. The lowest BCUT2D eigenvalue weighted by Crippen LogP contribution is -2.22. The molecule has 0 amide bonds. The van der Waals surface area contributed by atoms with Gasteiger partial charge in [-0.25, -0.2) is 0 Å². The summed E-state index contributed by atoms with van der Waals surface area (Å²) in [6.45, 7) is -3.05. The van der Waals surface area contributed by atoms with Crippen LogP contribution in [0.1, 0.15) is 23.5 Å². The Hall–Kier alpha value is -4.40. The van der Waals surface area contributed by atoms with E-state index in [9.17, 15) is 28.6 Å². The molecule has 1 atom stereocenters. The van der Waals surface area contributed by atoms with E-state index in [1.165, 1.54) is 24.3 Å². The van der Waals surface area contributed by atoms with Gasteiger partial charge in [-0.15, -0.1) is 0 Å². The van der Waals surface area contributed by atoms with Crippen molar-refractivity contribution in [2.24, 2.45) is 0 Å². The van der Waals surface area contributed by atoms with Gasteiger partial charge in [-0.05, 0) is 17.7 Å². The molecule has 0 spiro atoms. The third-order valence-corrected chi connectivity index (χ3v) is 5.59. The van der Waals surface area contributed by atoms with Gasteiger partial charge in [0.25, 0.3) is 0 Å². The summed E-state index contributed by atoms with van der Waals surface area (Å²) in [7, 11) is 0. The Morgan fingerprint density at radius 1 is 0.971 bits per heavy atom. The van der Waals surface area contributed by atoms with E-state index in [1.54, 1.807) is 36.4 Å². The van der Waals surface area contributed by atoms with Crippen molar-refractivity contribution in [2.75, 3.05) is 0 Å². The first-order chi connectivity index (χ1) is 16.3. The van der Waals surface area contributed by atoms with Crippen LogP contribution >= 0.6 is 0 Å². The van der Waals surface area contributed by atoms with Gasteiger partial charge in [0.2, 0.25) is 5.75 Å². The van der Waals surface area contributed by atoms with E-state index in [1.807, 2.05) is 0 Å². The number of halogens is 2. The number of fused-ring (bicyclic) bond motifs is 3. The second-order valence-electron chi connectivity index (χ2n) is 7.67. The fraction of sp³-hybridized carbons (Fsp3) is 0.120. The fourth-order valence-corrected chi connectivity index (χ4v) is 4.14. The zero-order valence-corrected chi connectivity index (χ0v) is 17.3. The summed E-state index contributed by atoms with van der Waals surface area (Å²) in [5.41, 5.74) is 0.388. The van der Waals surface area contributed by atoms with E-state index in [2.05, 4.69) is 4.74 Å². The average molecular weight is 466 g/mol. The van der Waals surface area contributed by atoms with E-state index >= 15 is 0 Å². The molecule has 172 valence electrons. The van der Waals surface area contributed by atoms with Crippen LogP contribution in [-0.2, 0) is 4.79 Å². The molecule has 2 N–H and O–H groups in total. The predicted molar refractivity (Wildman–Crippen MR) is 116 cm³/mol. The van der Waals surface area contributed by atoms with E-state index in [-0.39, 0.29) is 40.2 Å². The number of benzene rings is 3. The number of ether oxygens (including phenoxy) is 2. The number of esters is 1. The molecule has 3 aromatic carbocycles. The van der Waals surface area contributed by atoms with Crippen molar-refractivity contribution in [2.45, 2.75) is 19.0 Å². The van der Waals surface area contributed by atoms with Gasteiger partial charge >= 0.3 is 12.6 Å². The smallest absolute Gasteiger partial charge is 0.387 e. The highest BCUT2D eigenvalue weighted by Crippen LogP contribution is 2.52. The highest BCUT2D eigenvalue weighted by atomic mass is 19.3. The lowest BCUT2D eigenvalue weighted by atomic mass is 9.84. The second-order valence-corrected chi connectivity index (χ2v) is 7.67. The molecule has 1 unspecified atom stereocenters. The normalized spacial score (nSPS) is 15.3. The molecular weight excluding hydrogens is 450 g/mol. The SMILES string of the molecule is O=C1CC(c2cccc(OC(F)F)c2)c2c(c(O)c(O)c3c(=O)cc(-c4ccccc4)oc23)O1. The molecule has 0 bridgehead atoms. The number of hydrogen-bond donors (Lipinski definition) is 2. The van der Waals surface area contributed by atoms with Crippen LogP contribution in [0.25, 0.3) is 22.3 Å². The molecule has 1 aliphatic rings. The highest BCUT2D eigenvalue weighted by Gasteiger charge is 2.37. The quantitative estimate of drug-likeness (QED) is 0.250. The van der Waals surface area contributed by atoms with Crippen molar-refractivity contribution < 1.29 is 37.7 Å². The first-order valence-electron chi connectivity index (χ1n) is 10.2. The van der Waals surface area contributed by atoms with Crippen molar-refractivity contribution in [3.8, 4) is 34.3 Å². The summed E-state index contributed by atoms with van der Waals surface area (Å²) < 4.78 is 41.2. The minimum Gasteiger partial charge on any atom is -0.504 e. The van der Waals surface area contributed by atoms with Gasteiger partial charge in [0.05, 0.1) is 12.0 Å². The van der Waals surface area contributed by atoms with Gasteiger partial charge in [-0.2, -0.15) is 8.78 Å². The van der Waals surface area contributed by atoms with Crippen LogP contribution in [0.2, 0.25) is 0 Å². The number of carbonyl (C=O) groups is 1. The van der Waals surface area contributed by atoms with Gasteiger partial charge in [0.1, 0.15) is 22.5 Å². The number of rotatable bonds is 4. The maximum Gasteiger partial charge on any atom is 0.387 e. The number of aromatic hydroxyl groups is 2. The minimum absolute atomic E-state index is 0.0886. The highest BCUT2D eigenvalue weighted by molar-refractivity contribution is 5.96. The van der Waals surface area contributed by atoms with Crippen LogP contribution in [0.4, 0.5) is 8.78 Å². The Morgan fingerprint density at radius 2 is 1.74 bits per heavy atom. The third-order valence-electron chi connectivity index (χ3n) is 5.59. The van der Waals surface area contributed by atoms with Crippen molar-refractivity contribution in [1.29, 1.82) is 0 Å². The molecule has 5 rings (SSSR count). The van der Waals surface area contributed by atoms with Crippen LogP contribution in [0, 0.1) is 0 Å². The zero-order valence-electron chi connectivity index (χ0n) is 17.3. The molecule has 0 saturated carbocycles. The van der Waals surface area contributed by atoms with Crippen LogP contribution in [-0.4, -0.2) is 22.8 Å². The molecule has 4 aromatic rings. The Balaban J connectivity index is 1.81. The van der Waals surface area contributed by atoms with Gasteiger partial charge in [0.15, 0.2) is 16.9 Å². The van der Waals surface area contributed by atoms with Crippen LogP contribution in [0.15, 0.2) is 69.9 Å². The lowest BCUT2D eigenvalue weighted by molar-refractivity contribution is -0.135. The zero-order chi connectivity index (χ0) is 24.0. The molecule has 7 nitrogen and oxygen atoms in total. The molecule has 0 fully saturated rings. The molecule has 0 radical (unpaired) electrons. The maximum atomic E-state index is 13.0. The van der Waals surface area contributed by atoms with Crippen LogP contribution in [0.3, 0.4) is 0 Å². The topological polar surface area (TPSA) is 106 Å². The van der Waals surface area contributed by atoms with Gasteiger partial charge < -0.3 is 24.1 Å². The molecule has 0 saturated heterocycles. The molecular formula is C25H16F2O7. The second kappa shape index (κ2) is 8.18. The van der Waals surface area contributed by atoms with Gasteiger partial charge in [-0.1, -0.05) is 42.5 Å². The summed E-state index contributed by atoms with van der Waals surface area (Å²) in [4.78, 5) is 25.3. The van der Waals surface area contributed by atoms with Crippen molar-refractivity contribution in [1.82, 2.24) is 0 Å². The molecule has 2 heterocycles. The summed E-state index contributed by atoms with van der Waals surface area (Å²) >= 11 is 0. The number of alkyl halides is 2. The molecule has 1 aromatic heterocycles. The Morgan fingerprint density at radius 3 is 2.47 bits per heavy atom. The van der Waals surface area contributed by atoms with E-state index in [4.69, 9.17) is 9.15 Å². The van der Waals surface area contributed by atoms with E-state index in [0.29, 0.717) is 11.1 Å². The van der Waals surface area contributed by atoms with Gasteiger partial charge in [0, 0.05) is 17.5 Å². The Bertz CT molecular complexity index is 1480. The third kappa shape index (κ3) is 3.61. The van der Waals surface area contributed by atoms with Gasteiger partial charge in [-0.3, -0.25) is 9.59 Å². The van der Waals surface area contributed by atoms with E-state index < -0.39 is 35.4 Å². The monoisotopic (exact) mass is 466 g/mol. The standard InChI is InChI=1S/C25H16F2O7/c26-25(27)32-14-8-4-7-13(9-14)15-10-18(29)34-24-19(15)23-20(21(30)22(24)31)16(28)11-17(33-23)12-5-2-1-3-6-12/h1-9,11,15,25,30-31H,10H2. The predicted octanol–water partition coefficient (Wildman–Crippen LogP) is 4.91.